The monoisotopic (exact) mass is 320 g/mol. The molecule has 4 heteroatoms. The fourth-order valence-corrected chi connectivity index (χ4v) is 3.49. The fraction of sp³-hybridized carbons (Fsp3) is 0.444. The number of hydrogen-bond donors (Lipinski definition) is 1. The van der Waals surface area contributed by atoms with E-state index in [1.54, 1.807) is 4.90 Å². The van der Waals surface area contributed by atoms with Gasteiger partial charge in [-0.3, -0.25) is 0 Å². The molecule has 0 bridgehead atoms. The third-order valence-electron chi connectivity index (χ3n) is 4.16. The van der Waals surface area contributed by atoms with E-state index in [0.29, 0.717) is 18.8 Å². The minimum absolute atomic E-state index is 0.329. The van der Waals surface area contributed by atoms with Crippen LogP contribution in [0.15, 0.2) is 36.4 Å². The zero-order valence-electron chi connectivity index (χ0n) is 13.1. The van der Waals surface area contributed by atoms with E-state index < -0.39 is 0 Å². The van der Waals surface area contributed by atoms with Crippen LogP contribution >= 0.6 is 11.6 Å². The first-order chi connectivity index (χ1) is 10.6. The highest BCUT2D eigenvalue weighted by Gasteiger charge is 2.25. The molecule has 1 aliphatic rings. The van der Waals surface area contributed by atoms with Crippen molar-refractivity contribution in [2.24, 2.45) is 0 Å². The van der Waals surface area contributed by atoms with Gasteiger partial charge in [0.2, 0.25) is 0 Å². The van der Waals surface area contributed by atoms with E-state index in [1.165, 1.54) is 0 Å². The number of morpholine rings is 1. The van der Waals surface area contributed by atoms with Crippen LogP contribution in [0.3, 0.4) is 0 Å². The first-order valence-electron chi connectivity index (χ1n) is 7.92. The van der Waals surface area contributed by atoms with Crippen molar-refractivity contribution in [3.8, 4) is 5.75 Å². The molecule has 1 heterocycles. The summed E-state index contributed by atoms with van der Waals surface area (Å²) >= 11 is 6.24. The molecule has 1 fully saturated rings. The second kappa shape index (κ2) is 6.86. The molecule has 2 aromatic carbocycles. The Morgan fingerprint density at radius 3 is 2.50 bits per heavy atom. The summed E-state index contributed by atoms with van der Waals surface area (Å²) in [7, 11) is 0. The molecule has 0 saturated carbocycles. The number of fused-ring (bicyclic) bond motifs is 1. The number of quaternary nitrogens is 1. The number of nitrogens with one attached hydrogen (secondary N) is 1. The van der Waals surface area contributed by atoms with Crippen LogP contribution in [0.4, 0.5) is 0 Å². The maximum Gasteiger partial charge on any atom is 0.137 e. The van der Waals surface area contributed by atoms with Crippen LogP contribution in [-0.4, -0.2) is 38.4 Å². The van der Waals surface area contributed by atoms with Gasteiger partial charge in [0.05, 0.1) is 0 Å². The highest BCUT2D eigenvalue weighted by molar-refractivity contribution is 6.35. The van der Waals surface area contributed by atoms with Gasteiger partial charge in [-0.2, -0.15) is 0 Å². The van der Waals surface area contributed by atoms with Gasteiger partial charge in [-0.05, 0) is 26.0 Å². The number of rotatable bonds is 4. The van der Waals surface area contributed by atoms with E-state index in [9.17, 15) is 0 Å². The van der Waals surface area contributed by atoms with Gasteiger partial charge < -0.3 is 14.4 Å². The molecular weight excluding hydrogens is 298 g/mol. The molecule has 0 spiro atoms. The van der Waals surface area contributed by atoms with Crippen molar-refractivity contribution >= 4 is 22.4 Å². The Labute approximate surface area is 136 Å². The highest BCUT2D eigenvalue weighted by Crippen LogP contribution is 2.31. The number of hydrogen-bond acceptors (Lipinski definition) is 2. The predicted molar refractivity (Wildman–Crippen MR) is 90.0 cm³/mol. The normalized spacial score (nSPS) is 25.3. The van der Waals surface area contributed by atoms with Gasteiger partial charge in [-0.1, -0.05) is 35.9 Å². The molecule has 118 valence electrons. The van der Waals surface area contributed by atoms with Gasteiger partial charge in [0.1, 0.15) is 44.2 Å². The summed E-state index contributed by atoms with van der Waals surface area (Å²) in [6.45, 7) is 8.09. The van der Waals surface area contributed by atoms with Gasteiger partial charge in [0, 0.05) is 15.8 Å². The topological polar surface area (TPSA) is 22.9 Å². The van der Waals surface area contributed by atoms with Gasteiger partial charge in [0.25, 0.3) is 0 Å². The molecule has 3 rings (SSSR count). The van der Waals surface area contributed by atoms with Crippen molar-refractivity contribution in [3.05, 3.63) is 41.4 Å². The lowest BCUT2D eigenvalue weighted by molar-refractivity contribution is -0.915. The Kier molecular flexibility index (Phi) is 4.87. The number of ether oxygens (including phenoxy) is 2. The van der Waals surface area contributed by atoms with Crippen molar-refractivity contribution in [2.75, 3.05) is 26.2 Å². The molecule has 1 N–H and O–H groups in total. The molecule has 2 aromatic rings. The summed E-state index contributed by atoms with van der Waals surface area (Å²) in [5, 5.41) is 2.89. The lowest BCUT2D eigenvalue weighted by Gasteiger charge is -2.32. The Morgan fingerprint density at radius 1 is 1.09 bits per heavy atom. The predicted octanol–water partition coefficient (Wildman–Crippen LogP) is 2.56. The highest BCUT2D eigenvalue weighted by atomic mass is 35.5. The number of benzene rings is 2. The summed E-state index contributed by atoms with van der Waals surface area (Å²) in [5.41, 5.74) is 0. The zero-order valence-corrected chi connectivity index (χ0v) is 13.9. The fourth-order valence-electron chi connectivity index (χ4n) is 3.26. The van der Waals surface area contributed by atoms with Crippen LogP contribution in [0.25, 0.3) is 10.8 Å². The van der Waals surface area contributed by atoms with Crippen molar-refractivity contribution in [1.82, 2.24) is 0 Å². The first-order valence-corrected chi connectivity index (χ1v) is 8.30. The lowest BCUT2D eigenvalue weighted by Crippen LogP contribution is -3.16. The molecule has 0 radical (unpaired) electrons. The van der Waals surface area contributed by atoms with Gasteiger partial charge in [-0.25, -0.2) is 0 Å². The molecule has 1 saturated heterocycles. The Hall–Kier alpha value is -1.29. The maximum absolute atomic E-state index is 6.24. The van der Waals surface area contributed by atoms with E-state index in [2.05, 4.69) is 19.9 Å². The number of halogens is 1. The first kappa shape index (κ1) is 15.6. The van der Waals surface area contributed by atoms with E-state index >= 15 is 0 Å². The molecule has 1 aliphatic heterocycles. The maximum atomic E-state index is 6.24. The van der Waals surface area contributed by atoms with Crippen molar-refractivity contribution in [1.29, 1.82) is 0 Å². The SMILES string of the molecule is C[C@H]1C[NH+](CCOc2ccc(Cl)c3ccccc23)C[C@H](C)O1. The molecule has 0 amide bonds. The van der Waals surface area contributed by atoms with E-state index in [1.807, 2.05) is 30.3 Å². The van der Waals surface area contributed by atoms with Crippen LogP contribution in [0.5, 0.6) is 5.75 Å². The smallest absolute Gasteiger partial charge is 0.137 e. The summed E-state index contributed by atoms with van der Waals surface area (Å²) in [6.07, 6.45) is 0.658. The zero-order chi connectivity index (χ0) is 15.5. The van der Waals surface area contributed by atoms with Gasteiger partial charge >= 0.3 is 0 Å². The molecule has 0 aromatic heterocycles. The van der Waals surface area contributed by atoms with Gasteiger partial charge in [-0.15, -0.1) is 0 Å². The third kappa shape index (κ3) is 3.54. The summed E-state index contributed by atoms with van der Waals surface area (Å²) < 4.78 is 11.8. The van der Waals surface area contributed by atoms with Crippen LogP contribution < -0.4 is 9.64 Å². The average Bonchev–Trinajstić information content (AvgIpc) is 2.49. The quantitative estimate of drug-likeness (QED) is 0.935. The van der Waals surface area contributed by atoms with Crippen molar-refractivity contribution < 1.29 is 14.4 Å². The van der Waals surface area contributed by atoms with Crippen LogP contribution in [0.1, 0.15) is 13.8 Å². The molecule has 2 atom stereocenters. The van der Waals surface area contributed by atoms with Crippen LogP contribution in [0.2, 0.25) is 5.02 Å². The molecule has 22 heavy (non-hydrogen) atoms. The Bertz CT molecular complexity index is 636. The minimum Gasteiger partial charge on any atom is -0.487 e. The van der Waals surface area contributed by atoms with Crippen molar-refractivity contribution in [2.45, 2.75) is 26.1 Å². The molecule has 3 nitrogen and oxygen atoms in total. The molecule has 0 aliphatic carbocycles. The Morgan fingerprint density at radius 2 is 1.77 bits per heavy atom. The van der Waals surface area contributed by atoms with Crippen LogP contribution in [0, 0.1) is 0 Å². The summed E-state index contributed by atoms with van der Waals surface area (Å²) in [5.74, 6) is 0.911. The second-order valence-electron chi connectivity index (χ2n) is 6.11. The van der Waals surface area contributed by atoms with E-state index in [4.69, 9.17) is 21.1 Å². The largest absolute Gasteiger partial charge is 0.487 e. The molecular formula is C18H23ClNO2+. The van der Waals surface area contributed by atoms with E-state index in [-0.39, 0.29) is 0 Å². The molecule has 0 unspecified atom stereocenters. The lowest BCUT2D eigenvalue weighted by atomic mass is 10.1. The van der Waals surface area contributed by atoms with Crippen LogP contribution in [-0.2, 0) is 4.74 Å². The average molecular weight is 321 g/mol. The minimum atomic E-state index is 0.329. The van der Waals surface area contributed by atoms with Gasteiger partial charge in [0.15, 0.2) is 0 Å². The third-order valence-corrected chi connectivity index (χ3v) is 4.49. The summed E-state index contributed by atoms with van der Waals surface area (Å²) in [6, 6.07) is 12.0. The summed E-state index contributed by atoms with van der Waals surface area (Å²) in [4.78, 5) is 1.55. The second-order valence-corrected chi connectivity index (χ2v) is 6.51. The Balaban J connectivity index is 1.64. The van der Waals surface area contributed by atoms with Crippen molar-refractivity contribution in [3.63, 3.8) is 0 Å². The van der Waals surface area contributed by atoms with E-state index in [0.717, 1.165) is 41.2 Å². The standard InChI is InChI=1S/C18H22ClNO2/c1-13-11-20(12-14(2)22-13)9-10-21-18-8-7-17(19)15-5-3-4-6-16(15)18/h3-8,13-14H,9-12H2,1-2H3/p+1/t13-,14-/m0/s1.